The zero-order chi connectivity index (χ0) is 24.9. The average Bonchev–Trinajstić information content (AvgIpc) is 3.65. The van der Waals surface area contributed by atoms with Crippen molar-refractivity contribution in [1.29, 1.82) is 0 Å². The van der Waals surface area contributed by atoms with E-state index in [1.807, 2.05) is 66.9 Å². The minimum Gasteiger partial charge on any atom is -0.495 e. The Bertz CT molecular complexity index is 1320. The minimum atomic E-state index is -0.166. The third kappa shape index (κ3) is 4.96. The number of anilines is 1. The molecule has 2 atom stereocenters. The highest BCUT2D eigenvalue weighted by atomic mass is 32.1. The number of rotatable bonds is 9. The van der Waals surface area contributed by atoms with E-state index in [1.165, 1.54) is 0 Å². The van der Waals surface area contributed by atoms with Crippen LogP contribution in [0.5, 0.6) is 5.75 Å². The summed E-state index contributed by atoms with van der Waals surface area (Å²) in [5.41, 5.74) is 2.58. The molecule has 1 fully saturated rings. The van der Waals surface area contributed by atoms with E-state index in [0.29, 0.717) is 29.6 Å². The van der Waals surface area contributed by atoms with Crippen molar-refractivity contribution in [2.24, 2.45) is 0 Å². The van der Waals surface area contributed by atoms with E-state index in [0.717, 1.165) is 17.1 Å². The van der Waals surface area contributed by atoms with Crippen molar-refractivity contribution in [2.75, 3.05) is 19.0 Å². The molecule has 0 saturated carbocycles. The molecule has 5 rings (SSSR count). The number of carbonyl (C=O) groups excluding carboxylic acids is 1. The van der Waals surface area contributed by atoms with Crippen molar-refractivity contribution in [3.05, 3.63) is 103 Å². The first-order valence-electron chi connectivity index (χ1n) is 11.7. The van der Waals surface area contributed by atoms with Crippen LogP contribution in [0.1, 0.15) is 35.7 Å². The number of thiocarbonyl (C=S) groups is 1. The van der Waals surface area contributed by atoms with Crippen molar-refractivity contribution in [2.45, 2.75) is 25.0 Å². The Labute approximate surface area is 214 Å². The average molecular weight is 502 g/mol. The standard InChI is InChI=1S/C27H27N5O3S/c1-34-23-12-3-2-9-20(23)29-24(33)13-16-32-26(25(30-27(32)36)21-10-4-5-14-28-21)22-11-6-15-31(22)18-19-8-7-17-35-19/h2-12,14-15,17,25-26H,13,16,18H2,1H3,(H,29,33)(H,30,36)/t25-,26-/m1/s1. The molecule has 184 valence electrons. The van der Waals surface area contributed by atoms with Crippen molar-refractivity contribution in [3.63, 3.8) is 0 Å². The molecule has 2 N–H and O–H groups in total. The molecular weight excluding hydrogens is 474 g/mol. The van der Waals surface area contributed by atoms with Gasteiger partial charge in [-0.1, -0.05) is 18.2 Å². The smallest absolute Gasteiger partial charge is 0.226 e. The van der Waals surface area contributed by atoms with Gasteiger partial charge in [-0.3, -0.25) is 9.78 Å². The van der Waals surface area contributed by atoms with Gasteiger partial charge in [-0.15, -0.1) is 0 Å². The highest BCUT2D eigenvalue weighted by Crippen LogP contribution is 2.39. The number of hydrogen-bond acceptors (Lipinski definition) is 5. The summed E-state index contributed by atoms with van der Waals surface area (Å²) in [7, 11) is 1.58. The molecule has 1 aliphatic heterocycles. The van der Waals surface area contributed by atoms with Crippen LogP contribution in [0.3, 0.4) is 0 Å². The summed E-state index contributed by atoms with van der Waals surface area (Å²) in [6.45, 7) is 1.03. The SMILES string of the molecule is COc1ccccc1NC(=O)CCN1C(=S)N[C@H](c2ccccn2)[C@H]1c1cccn1Cc1ccco1. The van der Waals surface area contributed by atoms with Crippen molar-refractivity contribution < 1.29 is 13.9 Å². The van der Waals surface area contributed by atoms with Crippen LogP contribution in [0.4, 0.5) is 5.69 Å². The highest BCUT2D eigenvalue weighted by molar-refractivity contribution is 7.80. The summed E-state index contributed by atoms with van der Waals surface area (Å²) in [4.78, 5) is 19.5. The molecule has 3 aromatic heterocycles. The lowest BCUT2D eigenvalue weighted by Crippen LogP contribution is -2.33. The van der Waals surface area contributed by atoms with Gasteiger partial charge in [-0.2, -0.15) is 0 Å². The van der Waals surface area contributed by atoms with Gasteiger partial charge in [0.05, 0.1) is 43.4 Å². The number of methoxy groups -OCH3 is 1. The molecular formula is C27H27N5O3S. The second-order valence-electron chi connectivity index (χ2n) is 8.46. The number of hydrogen-bond donors (Lipinski definition) is 2. The van der Waals surface area contributed by atoms with E-state index < -0.39 is 0 Å². The summed E-state index contributed by atoms with van der Waals surface area (Å²) in [5.74, 6) is 1.36. The van der Waals surface area contributed by atoms with E-state index in [2.05, 4.69) is 31.2 Å². The molecule has 0 radical (unpaired) electrons. The molecule has 0 aliphatic carbocycles. The molecule has 8 nitrogen and oxygen atoms in total. The third-order valence-electron chi connectivity index (χ3n) is 6.23. The topological polar surface area (TPSA) is 84.6 Å². The van der Waals surface area contributed by atoms with Gasteiger partial charge in [0.15, 0.2) is 5.11 Å². The quantitative estimate of drug-likeness (QED) is 0.326. The van der Waals surface area contributed by atoms with Crippen LogP contribution >= 0.6 is 12.2 Å². The van der Waals surface area contributed by atoms with Gasteiger partial charge in [-0.05, 0) is 60.7 Å². The maximum Gasteiger partial charge on any atom is 0.226 e. The molecule has 0 bridgehead atoms. The van der Waals surface area contributed by atoms with Crippen LogP contribution in [0.2, 0.25) is 0 Å². The predicted octanol–water partition coefficient (Wildman–Crippen LogP) is 4.53. The van der Waals surface area contributed by atoms with Crippen LogP contribution in [0.25, 0.3) is 0 Å². The zero-order valence-electron chi connectivity index (χ0n) is 19.8. The molecule has 1 aromatic carbocycles. The van der Waals surface area contributed by atoms with Crippen molar-refractivity contribution >= 4 is 28.9 Å². The van der Waals surface area contributed by atoms with Gasteiger partial charge in [0.25, 0.3) is 0 Å². The van der Waals surface area contributed by atoms with E-state index in [-0.39, 0.29) is 24.4 Å². The molecule has 36 heavy (non-hydrogen) atoms. The predicted molar refractivity (Wildman–Crippen MR) is 141 cm³/mol. The minimum absolute atomic E-state index is 0.117. The second-order valence-corrected chi connectivity index (χ2v) is 8.85. The molecule has 9 heteroatoms. The Hall–Kier alpha value is -4.11. The van der Waals surface area contributed by atoms with Gasteiger partial charge in [0, 0.05) is 31.1 Å². The summed E-state index contributed by atoms with van der Waals surface area (Å²) >= 11 is 5.76. The van der Waals surface area contributed by atoms with Crippen molar-refractivity contribution in [3.8, 4) is 5.75 Å². The van der Waals surface area contributed by atoms with Crippen LogP contribution in [0, 0.1) is 0 Å². The first kappa shape index (κ1) is 23.6. The Kier molecular flexibility index (Phi) is 6.99. The monoisotopic (exact) mass is 501 g/mol. The number of benzene rings is 1. The highest BCUT2D eigenvalue weighted by Gasteiger charge is 2.41. The van der Waals surface area contributed by atoms with E-state index in [4.69, 9.17) is 21.4 Å². The number of furan rings is 1. The maximum atomic E-state index is 12.9. The Balaban J connectivity index is 1.39. The van der Waals surface area contributed by atoms with Gasteiger partial charge >= 0.3 is 0 Å². The Morgan fingerprint density at radius 3 is 2.78 bits per heavy atom. The molecule has 0 spiro atoms. The number of carbonyl (C=O) groups is 1. The van der Waals surface area contributed by atoms with Gasteiger partial charge in [0.2, 0.25) is 5.91 Å². The first-order chi connectivity index (χ1) is 17.6. The molecule has 1 aliphatic rings. The van der Waals surface area contributed by atoms with Crippen LogP contribution in [0.15, 0.2) is 89.8 Å². The van der Waals surface area contributed by atoms with Crippen LogP contribution in [-0.2, 0) is 11.3 Å². The molecule has 4 aromatic rings. The van der Waals surface area contributed by atoms with Gasteiger partial charge in [-0.25, -0.2) is 0 Å². The lowest BCUT2D eigenvalue weighted by atomic mass is 10.0. The molecule has 1 amide bonds. The van der Waals surface area contributed by atoms with Crippen LogP contribution in [-0.4, -0.2) is 39.1 Å². The fraction of sp³-hybridized carbons (Fsp3) is 0.222. The molecule has 1 saturated heterocycles. The fourth-order valence-electron chi connectivity index (χ4n) is 4.56. The van der Waals surface area contributed by atoms with Gasteiger partial charge < -0.3 is 29.3 Å². The molecule has 4 heterocycles. The zero-order valence-corrected chi connectivity index (χ0v) is 20.7. The maximum absolute atomic E-state index is 12.9. The number of amides is 1. The summed E-state index contributed by atoms with van der Waals surface area (Å²) < 4.78 is 13.1. The largest absolute Gasteiger partial charge is 0.495 e. The first-order valence-corrected chi connectivity index (χ1v) is 12.1. The normalized spacial score (nSPS) is 17.1. The number of aromatic nitrogens is 2. The number of para-hydroxylation sites is 2. The lowest BCUT2D eigenvalue weighted by Gasteiger charge is -2.28. The summed E-state index contributed by atoms with van der Waals surface area (Å²) in [6, 6.07) is 20.8. The Morgan fingerprint density at radius 1 is 1.14 bits per heavy atom. The van der Waals surface area contributed by atoms with E-state index in [9.17, 15) is 4.79 Å². The number of nitrogens with zero attached hydrogens (tertiary/aromatic N) is 3. The van der Waals surface area contributed by atoms with Crippen molar-refractivity contribution in [1.82, 2.24) is 19.8 Å². The molecule has 0 unspecified atom stereocenters. The van der Waals surface area contributed by atoms with E-state index >= 15 is 0 Å². The fourth-order valence-corrected chi connectivity index (χ4v) is 4.89. The van der Waals surface area contributed by atoms with E-state index in [1.54, 1.807) is 19.6 Å². The summed E-state index contributed by atoms with van der Waals surface area (Å²) in [6.07, 6.45) is 5.74. The Morgan fingerprint density at radius 2 is 2.00 bits per heavy atom. The van der Waals surface area contributed by atoms with Crippen LogP contribution < -0.4 is 15.4 Å². The lowest BCUT2D eigenvalue weighted by molar-refractivity contribution is -0.116. The van der Waals surface area contributed by atoms with Gasteiger partial charge in [0.1, 0.15) is 11.5 Å². The number of pyridine rings is 1. The second kappa shape index (κ2) is 10.7. The number of nitrogens with one attached hydrogen (secondary N) is 2. The third-order valence-corrected chi connectivity index (χ3v) is 6.58. The number of ether oxygens (including phenoxy) is 1. The summed E-state index contributed by atoms with van der Waals surface area (Å²) in [5, 5.41) is 6.98.